The SMILES string of the molecule is CN(C)CCCNC(=O)c1ccc(Nc2ncc3cc(C#CCNC(=O)c4cncn(Cc5ccc(F)c(F)c5)c4=O)ccc3n2)cc1. The molecule has 0 unspecified atom stereocenters. The molecule has 3 N–H and O–H groups in total. The Kier molecular flexibility index (Phi) is 10.8. The van der Waals surface area contributed by atoms with Crippen LogP contribution in [0.2, 0.25) is 0 Å². The third-order valence-corrected chi connectivity index (χ3v) is 7.10. The largest absolute Gasteiger partial charge is 0.352 e. The number of nitrogens with zero attached hydrogens (tertiary/aromatic N) is 5. The van der Waals surface area contributed by atoms with E-state index in [1.165, 1.54) is 12.4 Å². The van der Waals surface area contributed by atoms with Crippen LogP contribution in [-0.2, 0) is 6.54 Å². The summed E-state index contributed by atoms with van der Waals surface area (Å²) in [6, 6.07) is 15.8. The van der Waals surface area contributed by atoms with Crippen LogP contribution in [0.25, 0.3) is 10.9 Å². The van der Waals surface area contributed by atoms with Gasteiger partial charge in [0.25, 0.3) is 17.4 Å². The lowest BCUT2D eigenvalue weighted by molar-refractivity contribution is 0.0946. The fourth-order valence-corrected chi connectivity index (χ4v) is 4.62. The summed E-state index contributed by atoms with van der Waals surface area (Å²) >= 11 is 0. The van der Waals surface area contributed by atoms with Crippen molar-refractivity contribution >= 4 is 34.4 Å². The number of amides is 2. The first-order chi connectivity index (χ1) is 23.2. The van der Waals surface area contributed by atoms with Gasteiger partial charge in [-0.25, -0.2) is 23.7 Å². The summed E-state index contributed by atoms with van der Waals surface area (Å²) in [4.78, 5) is 52.7. The van der Waals surface area contributed by atoms with Gasteiger partial charge >= 0.3 is 0 Å². The molecule has 5 aromatic rings. The predicted molar refractivity (Wildman–Crippen MR) is 178 cm³/mol. The van der Waals surface area contributed by atoms with E-state index in [2.05, 4.69) is 47.6 Å². The van der Waals surface area contributed by atoms with Gasteiger partial charge in [-0.2, -0.15) is 0 Å². The van der Waals surface area contributed by atoms with Crippen molar-refractivity contribution in [1.29, 1.82) is 0 Å². The number of nitrogens with one attached hydrogen (secondary N) is 3. The molecular weight excluding hydrogens is 618 g/mol. The number of carbonyl (C=O) groups is 2. The van der Waals surface area contributed by atoms with Crippen LogP contribution in [0.15, 0.2) is 84.2 Å². The van der Waals surface area contributed by atoms with Gasteiger partial charge in [-0.05, 0) is 87.2 Å². The summed E-state index contributed by atoms with van der Waals surface area (Å²) in [6.07, 6.45) is 4.90. The lowest BCUT2D eigenvalue weighted by Crippen LogP contribution is -2.33. The van der Waals surface area contributed by atoms with Crippen LogP contribution in [0.4, 0.5) is 20.4 Å². The first-order valence-corrected chi connectivity index (χ1v) is 15.0. The van der Waals surface area contributed by atoms with E-state index in [1.54, 1.807) is 42.6 Å². The molecule has 11 nitrogen and oxygen atoms in total. The molecule has 2 amide bonds. The van der Waals surface area contributed by atoms with E-state index >= 15 is 0 Å². The molecule has 48 heavy (non-hydrogen) atoms. The van der Waals surface area contributed by atoms with Crippen LogP contribution in [0, 0.1) is 23.5 Å². The van der Waals surface area contributed by atoms with Crippen LogP contribution >= 0.6 is 0 Å². The van der Waals surface area contributed by atoms with E-state index < -0.39 is 23.1 Å². The van der Waals surface area contributed by atoms with Gasteiger partial charge < -0.3 is 20.9 Å². The van der Waals surface area contributed by atoms with E-state index in [0.29, 0.717) is 34.7 Å². The van der Waals surface area contributed by atoms with Crippen molar-refractivity contribution in [2.45, 2.75) is 13.0 Å². The zero-order chi connectivity index (χ0) is 34.0. The number of halogens is 2. The Balaban J connectivity index is 1.15. The lowest BCUT2D eigenvalue weighted by atomic mass is 10.1. The maximum absolute atomic E-state index is 13.6. The van der Waals surface area contributed by atoms with Crippen LogP contribution in [-0.4, -0.2) is 70.0 Å². The first kappa shape index (κ1) is 33.4. The van der Waals surface area contributed by atoms with Gasteiger partial charge in [-0.3, -0.25) is 19.0 Å². The standard InChI is InChI=1S/C35H32F2N8O3/c1-44(2)16-4-15-39-32(46)25-8-10-27(11-9-25)42-35-41-19-26-17-23(7-13-31(26)43-35)5-3-14-40-33(47)28-20-38-22-45(34(28)48)21-24-6-12-29(36)30(37)18-24/h6-13,17-20,22H,4,14-16,21H2,1-2H3,(H,39,46)(H,40,47)(H,41,42,43). The Labute approximate surface area is 275 Å². The number of carbonyl (C=O) groups excluding carboxylic acids is 2. The highest BCUT2D eigenvalue weighted by molar-refractivity contribution is 5.94. The predicted octanol–water partition coefficient (Wildman–Crippen LogP) is 3.72. The van der Waals surface area contributed by atoms with Crippen LogP contribution in [0.3, 0.4) is 0 Å². The van der Waals surface area contributed by atoms with Crippen molar-refractivity contribution in [3.63, 3.8) is 0 Å². The molecule has 0 atom stereocenters. The summed E-state index contributed by atoms with van der Waals surface area (Å²) in [5.74, 6) is 3.40. The highest BCUT2D eigenvalue weighted by Gasteiger charge is 2.13. The van der Waals surface area contributed by atoms with Gasteiger partial charge in [-0.15, -0.1) is 0 Å². The average Bonchev–Trinajstić information content (AvgIpc) is 3.07. The fraction of sp³-hybridized carbons (Fsp3) is 0.200. The maximum Gasteiger partial charge on any atom is 0.266 e. The Morgan fingerprint density at radius 2 is 1.75 bits per heavy atom. The molecule has 0 fully saturated rings. The molecule has 3 aromatic carbocycles. The zero-order valence-electron chi connectivity index (χ0n) is 26.3. The van der Waals surface area contributed by atoms with E-state index in [-0.39, 0.29) is 24.6 Å². The van der Waals surface area contributed by atoms with E-state index in [1.807, 2.05) is 20.2 Å². The molecule has 0 aliphatic rings. The molecule has 2 aromatic heterocycles. The second-order valence-electron chi connectivity index (χ2n) is 11.1. The van der Waals surface area contributed by atoms with Crippen molar-refractivity contribution in [2.75, 3.05) is 39.0 Å². The molecule has 0 aliphatic carbocycles. The Morgan fingerprint density at radius 3 is 2.52 bits per heavy atom. The quantitative estimate of drug-likeness (QED) is 0.146. The van der Waals surface area contributed by atoms with Crippen molar-refractivity contribution < 1.29 is 18.4 Å². The van der Waals surface area contributed by atoms with Gasteiger partial charge in [0.1, 0.15) is 5.56 Å². The monoisotopic (exact) mass is 650 g/mol. The maximum atomic E-state index is 13.6. The summed E-state index contributed by atoms with van der Waals surface area (Å²) in [5.41, 5.74) is 2.17. The third-order valence-electron chi connectivity index (χ3n) is 7.10. The van der Waals surface area contributed by atoms with Gasteiger partial charge in [0.05, 0.1) is 24.9 Å². The second kappa shape index (κ2) is 15.5. The van der Waals surface area contributed by atoms with E-state index in [4.69, 9.17) is 0 Å². The van der Waals surface area contributed by atoms with Crippen molar-refractivity contribution in [3.05, 3.63) is 124 Å². The normalized spacial score (nSPS) is 10.8. The molecule has 0 saturated heterocycles. The highest BCUT2D eigenvalue weighted by atomic mass is 19.2. The van der Waals surface area contributed by atoms with Crippen molar-refractivity contribution in [2.24, 2.45) is 0 Å². The Morgan fingerprint density at radius 1 is 0.938 bits per heavy atom. The van der Waals surface area contributed by atoms with E-state index in [0.717, 1.165) is 46.9 Å². The van der Waals surface area contributed by atoms with Gasteiger partial charge in [0, 0.05) is 41.1 Å². The number of benzene rings is 3. The van der Waals surface area contributed by atoms with Gasteiger partial charge in [0.15, 0.2) is 11.6 Å². The molecule has 13 heteroatoms. The minimum atomic E-state index is -1.03. The number of anilines is 2. The number of fused-ring (bicyclic) bond motifs is 1. The average molecular weight is 651 g/mol. The molecule has 244 valence electrons. The zero-order valence-corrected chi connectivity index (χ0v) is 26.3. The van der Waals surface area contributed by atoms with Gasteiger partial charge in [0.2, 0.25) is 5.95 Å². The lowest BCUT2D eigenvalue weighted by Gasteiger charge is -2.10. The summed E-state index contributed by atoms with van der Waals surface area (Å²) in [6.45, 7) is 1.38. The number of hydrogen-bond donors (Lipinski definition) is 3. The molecule has 0 aliphatic heterocycles. The van der Waals surface area contributed by atoms with Gasteiger partial charge in [-0.1, -0.05) is 17.9 Å². The topological polar surface area (TPSA) is 134 Å². The van der Waals surface area contributed by atoms with Crippen LogP contribution in [0.1, 0.15) is 38.3 Å². The first-order valence-electron chi connectivity index (χ1n) is 15.0. The summed E-state index contributed by atoms with van der Waals surface area (Å²) < 4.78 is 27.9. The van der Waals surface area contributed by atoms with Crippen molar-refractivity contribution in [1.82, 2.24) is 35.1 Å². The Hall–Kier alpha value is -6.00. The Bertz CT molecular complexity index is 2070. The molecule has 0 spiro atoms. The van der Waals surface area contributed by atoms with E-state index in [9.17, 15) is 23.2 Å². The minimum Gasteiger partial charge on any atom is -0.352 e. The minimum absolute atomic E-state index is 0.0371. The molecule has 0 bridgehead atoms. The molecule has 0 radical (unpaired) electrons. The molecule has 5 rings (SSSR count). The third kappa shape index (κ3) is 8.83. The summed E-state index contributed by atoms with van der Waals surface area (Å²) in [7, 11) is 3.99. The smallest absolute Gasteiger partial charge is 0.266 e. The molecule has 0 saturated carbocycles. The highest BCUT2D eigenvalue weighted by Crippen LogP contribution is 2.18. The number of rotatable bonds is 11. The molecular formula is C35H32F2N8O3. The molecule has 2 heterocycles. The van der Waals surface area contributed by atoms with Crippen molar-refractivity contribution in [3.8, 4) is 11.8 Å². The summed E-state index contributed by atoms with van der Waals surface area (Å²) in [5, 5.41) is 9.40. The van der Waals surface area contributed by atoms with Crippen LogP contribution < -0.4 is 21.5 Å². The number of aromatic nitrogens is 4. The number of hydrogen-bond acceptors (Lipinski definition) is 8. The second-order valence-corrected chi connectivity index (χ2v) is 11.1. The van der Waals surface area contributed by atoms with Crippen LogP contribution in [0.5, 0.6) is 0 Å². The fourth-order valence-electron chi connectivity index (χ4n) is 4.62.